The molecule has 0 bridgehead atoms. The second-order valence-electron chi connectivity index (χ2n) is 8.20. The molecule has 32 heavy (non-hydrogen) atoms. The summed E-state index contributed by atoms with van der Waals surface area (Å²) in [5.41, 5.74) is -0.497. The molecule has 0 radical (unpaired) electrons. The number of carboxylic acids is 1. The van der Waals surface area contributed by atoms with Crippen LogP contribution >= 0.6 is 11.6 Å². The van der Waals surface area contributed by atoms with Crippen LogP contribution in [0.1, 0.15) is 42.1 Å². The number of carboxylic acid groups (broad SMARTS) is 1. The van der Waals surface area contributed by atoms with Crippen LogP contribution in [0.15, 0.2) is 41.5 Å². The highest BCUT2D eigenvalue weighted by atomic mass is 35.5. The summed E-state index contributed by atoms with van der Waals surface area (Å²) in [4.78, 5) is 30.4. The van der Waals surface area contributed by atoms with E-state index in [2.05, 4.69) is 4.98 Å². The maximum atomic E-state index is 15.4. The molecule has 0 spiro atoms. The molecule has 3 aromatic rings. The summed E-state index contributed by atoms with van der Waals surface area (Å²) in [6, 6.07) is 6.46. The van der Waals surface area contributed by atoms with Gasteiger partial charge in [0.25, 0.3) is 0 Å². The number of pyridine rings is 2. The predicted octanol–water partition coefficient (Wildman–Crippen LogP) is 4.27. The Balaban J connectivity index is 1.58. The van der Waals surface area contributed by atoms with Crippen LogP contribution in [0.2, 0.25) is 5.02 Å². The fraction of sp³-hybridized carbons (Fsp3) is 0.348. The molecule has 5 rings (SSSR count). The van der Waals surface area contributed by atoms with Crippen LogP contribution in [0, 0.1) is 5.82 Å². The quantitative estimate of drug-likeness (QED) is 0.595. The van der Waals surface area contributed by atoms with E-state index in [0.29, 0.717) is 24.5 Å². The van der Waals surface area contributed by atoms with Gasteiger partial charge in [-0.3, -0.25) is 4.79 Å². The minimum absolute atomic E-state index is 0.0106. The van der Waals surface area contributed by atoms with Crippen molar-refractivity contribution in [3.63, 3.8) is 0 Å². The first-order valence-corrected chi connectivity index (χ1v) is 10.9. The molecule has 0 unspecified atom stereocenters. The number of hydrogen-bond acceptors (Lipinski definition) is 5. The summed E-state index contributed by atoms with van der Waals surface area (Å²) in [5.74, 6) is -1.49. The van der Waals surface area contributed by atoms with Crippen LogP contribution in [0.25, 0.3) is 10.9 Å². The molecule has 7 nitrogen and oxygen atoms in total. The number of aromatic carboxylic acids is 1. The van der Waals surface area contributed by atoms with Gasteiger partial charge in [0.15, 0.2) is 0 Å². The second-order valence-corrected chi connectivity index (χ2v) is 8.58. The number of anilines is 1. The van der Waals surface area contributed by atoms with Gasteiger partial charge in [-0.15, -0.1) is 0 Å². The summed E-state index contributed by atoms with van der Waals surface area (Å²) < 4.78 is 22.9. The molecule has 1 N–H and O–H groups in total. The topological polar surface area (TPSA) is 84.7 Å². The van der Waals surface area contributed by atoms with Gasteiger partial charge in [0.1, 0.15) is 18.0 Å². The number of benzene rings is 1. The van der Waals surface area contributed by atoms with Gasteiger partial charge in [-0.05, 0) is 37.8 Å². The third kappa shape index (κ3) is 3.58. The fourth-order valence-electron chi connectivity index (χ4n) is 4.41. The summed E-state index contributed by atoms with van der Waals surface area (Å²) in [5, 5.41) is 9.56. The van der Waals surface area contributed by atoms with Crippen molar-refractivity contribution in [1.29, 1.82) is 0 Å². The van der Waals surface area contributed by atoms with Crippen molar-refractivity contribution in [1.82, 2.24) is 9.55 Å². The number of nitrogens with zero attached hydrogens (tertiary/aromatic N) is 3. The molecule has 1 aliphatic heterocycles. The van der Waals surface area contributed by atoms with Gasteiger partial charge in [0, 0.05) is 31.0 Å². The average molecular weight is 458 g/mol. The lowest BCUT2D eigenvalue weighted by Gasteiger charge is -2.29. The lowest BCUT2D eigenvalue weighted by atomic mass is 10.1. The summed E-state index contributed by atoms with van der Waals surface area (Å²) >= 11 is 6.75. The number of ether oxygens (including phenoxy) is 1. The molecule has 166 valence electrons. The number of rotatable bonds is 6. The zero-order valence-electron chi connectivity index (χ0n) is 17.1. The van der Waals surface area contributed by atoms with E-state index in [9.17, 15) is 14.7 Å². The van der Waals surface area contributed by atoms with Crippen molar-refractivity contribution in [3.8, 4) is 5.88 Å². The van der Waals surface area contributed by atoms with E-state index in [0.717, 1.165) is 31.7 Å². The fourth-order valence-corrected chi connectivity index (χ4v) is 4.80. The van der Waals surface area contributed by atoms with Gasteiger partial charge in [0.05, 0.1) is 27.7 Å². The van der Waals surface area contributed by atoms with Gasteiger partial charge in [-0.2, -0.15) is 0 Å². The standard InChI is InChI=1S/C23H21ClFN3O4/c24-19-20-15(22(29)16(23(30)31)11-28(20)13-6-7-13)10-17(25)21(19)27-9-3-4-14(27)12-32-18-5-1-2-8-26-18/h1-2,5,8,10-11,13-14H,3-4,6-7,9,12H2,(H,30,31)/t14-/m1/s1. The molecule has 2 aliphatic rings. The molecule has 2 fully saturated rings. The number of hydrogen-bond donors (Lipinski definition) is 1. The first-order chi connectivity index (χ1) is 15.5. The third-order valence-electron chi connectivity index (χ3n) is 6.08. The van der Waals surface area contributed by atoms with Gasteiger partial charge in [0.2, 0.25) is 11.3 Å². The van der Waals surface area contributed by atoms with Crippen molar-refractivity contribution in [2.45, 2.75) is 37.8 Å². The number of fused-ring (bicyclic) bond motifs is 1. The van der Waals surface area contributed by atoms with Crippen LogP contribution in [0.3, 0.4) is 0 Å². The first-order valence-electron chi connectivity index (χ1n) is 10.6. The summed E-state index contributed by atoms with van der Waals surface area (Å²) in [6.45, 7) is 0.914. The third-order valence-corrected chi connectivity index (χ3v) is 6.44. The Kier molecular flexibility index (Phi) is 5.25. The van der Waals surface area contributed by atoms with Crippen molar-refractivity contribution in [2.75, 3.05) is 18.1 Å². The molecular weight excluding hydrogens is 437 g/mol. The predicted molar refractivity (Wildman–Crippen MR) is 119 cm³/mol. The van der Waals surface area contributed by atoms with Gasteiger partial charge in [-0.25, -0.2) is 14.2 Å². The Labute approximate surface area is 188 Å². The largest absolute Gasteiger partial charge is 0.477 e. The van der Waals surface area contributed by atoms with Crippen molar-refractivity contribution in [3.05, 3.63) is 63.3 Å². The number of halogens is 2. The van der Waals surface area contributed by atoms with Crippen molar-refractivity contribution < 1.29 is 19.0 Å². The van der Waals surface area contributed by atoms with E-state index in [1.807, 2.05) is 11.0 Å². The Morgan fingerprint density at radius 3 is 2.81 bits per heavy atom. The zero-order valence-corrected chi connectivity index (χ0v) is 17.9. The Morgan fingerprint density at radius 2 is 2.12 bits per heavy atom. The molecule has 1 aromatic carbocycles. The van der Waals surface area contributed by atoms with Crippen molar-refractivity contribution in [2.24, 2.45) is 0 Å². The highest BCUT2D eigenvalue weighted by Gasteiger charge is 2.33. The van der Waals surface area contributed by atoms with E-state index in [-0.39, 0.29) is 33.7 Å². The molecule has 1 saturated heterocycles. The molecule has 2 aromatic heterocycles. The number of carbonyl (C=O) groups is 1. The zero-order chi connectivity index (χ0) is 22.4. The maximum absolute atomic E-state index is 15.4. The second kappa shape index (κ2) is 8.09. The molecule has 1 atom stereocenters. The minimum atomic E-state index is -1.34. The van der Waals surface area contributed by atoms with Crippen molar-refractivity contribution >= 4 is 34.2 Å². The molecule has 0 amide bonds. The SMILES string of the molecule is O=C(O)c1cn(C2CC2)c2c(Cl)c(N3CCC[C@@H]3COc3ccccn3)c(F)cc2c1=O. The van der Waals surface area contributed by atoms with Gasteiger partial charge in [-0.1, -0.05) is 17.7 Å². The number of aromatic nitrogens is 2. The maximum Gasteiger partial charge on any atom is 0.341 e. The molecule has 1 aliphatic carbocycles. The lowest BCUT2D eigenvalue weighted by molar-refractivity contribution is 0.0695. The van der Waals surface area contributed by atoms with Crippen LogP contribution < -0.4 is 15.1 Å². The van der Waals surface area contributed by atoms with Gasteiger partial charge >= 0.3 is 5.97 Å². The molecular formula is C23H21ClFN3O4. The van der Waals surface area contributed by atoms with E-state index in [4.69, 9.17) is 16.3 Å². The highest BCUT2D eigenvalue weighted by Crippen LogP contribution is 2.43. The molecule has 1 saturated carbocycles. The van der Waals surface area contributed by atoms with Crippen LogP contribution in [-0.4, -0.2) is 39.8 Å². The van der Waals surface area contributed by atoms with Crippen LogP contribution in [0.4, 0.5) is 10.1 Å². The van der Waals surface area contributed by atoms with E-state index < -0.39 is 17.2 Å². The van der Waals surface area contributed by atoms with Crippen LogP contribution in [-0.2, 0) is 0 Å². The Bertz CT molecular complexity index is 1260. The van der Waals surface area contributed by atoms with Crippen LogP contribution in [0.5, 0.6) is 5.88 Å². The molecule has 3 heterocycles. The Hall–Kier alpha value is -3.13. The normalized spacial score (nSPS) is 18.3. The van der Waals surface area contributed by atoms with E-state index in [1.165, 1.54) is 6.20 Å². The first kappa shape index (κ1) is 20.8. The minimum Gasteiger partial charge on any atom is -0.477 e. The molecule has 9 heteroatoms. The summed E-state index contributed by atoms with van der Waals surface area (Å²) in [7, 11) is 0. The average Bonchev–Trinajstić information content (AvgIpc) is 3.52. The summed E-state index contributed by atoms with van der Waals surface area (Å²) in [6.07, 6.45) is 6.33. The smallest absolute Gasteiger partial charge is 0.341 e. The van der Waals surface area contributed by atoms with E-state index in [1.54, 1.807) is 22.9 Å². The highest BCUT2D eigenvalue weighted by molar-refractivity contribution is 6.38. The lowest BCUT2D eigenvalue weighted by Crippen LogP contribution is -2.35. The van der Waals surface area contributed by atoms with Gasteiger partial charge < -0.3 is 19.3 Å². The monoisotopic (exact) mass is 457 g/mol. The van der Waals surface area contributed by atoms with E-state index >= 15 is 4.39 Å². The Morgan fingerprint density at radius 1 is 1.31 bits per heavy atom.